The van der Waals surface area contributed by atoms with Gasteiger partial charge in [-0.2, -0.15) is 0 Å². The summed E-state index contributed by atoms with van der Waals surface area (Å²) in [6.07, 6.45) is 1.02. The Morgan fingerprint density at radius 1 is 1.10 bits per heavy atom. The molecule has 106 valence electrons. The minimum atomic E-state index is -0.301. The Morgan fingerprint density at radius 2 is 1.80 bits per heavy atom. The zero-order valence-electron chi connectivity index (χ0n) is 11.7. The fourth-order valence-corrected chi connectivity index (χ4v) is 2.53. The molecule has 1 atom stereocenters. The topological polar surface area (TPSA) is 26.0 Å². The summed E-state index contributed by atoms with van der Waals surface area (Å²) in [5.41, 5.74) is 9.33. The van der Waals surface area contributed by atoms with E-state index in [0.29, 0.717) is 10.4 Å². The molecule has 0 aliphatic rings. The van der Waals surface area contributed by atoms with Gasteiger partial charge in [-0.1, -0.05) is 44.2 Å². The second kappa shape index (κ2) is 6.51. The molecule has 0 amide bonds. The molecule has 0 heterocycles. The average molecular weight is 336 g/mol. The van der Waals surface area contributed by atoms with Gasteiger partial charge < -0.3 is 5.73 Å². The Morgan fingerprint density at radius 3 is 2.45 bits per heavy atom. The average Bonchev–Trinajstić information content (AvgIpc) is 2.40. The van der Waals surface area contributed by atoms with Crippen LogP contribution in [0.3, 0.4) is 0 Å². The molecule has 2 aromatic rings. The molecular formula is C17H19BrFN. The highest BCUT2D eigenvalue weighted by Gasteiger charge is 2.12. The maximum atomic E-state index is 13.6. The van der Waals surface area contributed by atoms with Crippen molar-refractivity contribution in [2.45, 2.75) is 26.3 Å². The van der Waals surface area contributed by atoms with Crippen LogP contribution in [-0.4, -0.2) is 0 Å². The Bertz CT molecular complexity index is 595. The third-order valence-electron chi connectivity index (χ3n) is 3.26. The van der Waals surface area contributed by atoms with E-state index in [9.17, 15) is 4.39 Å². The second-order valence-electron chi connectivity index (χ2n) is 5.49. The van der Waals surface area contributed by atoms with Crippen molar-refractivity contribution >= 4 is 15.9 Å². The van der Waals surface area contributed by atoms with E-state index in [1.165, 1.54) is 11.6 Å². The summed E-state index contributed by atoms with van der Waals surface area (Å²) >= 11 is 3.16. The summed E-state index contributed by atoms with van der Waals surface area (Å²) in [6, 6.07) is 13.0. The van der Waals surface area contributed by atoms with Crippen molar-refractivity contribution in [2.24, 2.45) is 11.7 Å². The van der Waals surface area contributed by atoms with Crippen LogP contribution in [0.4, 0.5) is 4.39 Å². The maximum Gasteiger partial charge on any atom is 0.137 e. The van der Waals surface area contributed by atoms with Crippen LogP contribution in [0.1, 0.15) is 36.6 Å². The molecule has 0 fully saturated rings. The molecule has 0 aromatic heterocycles. The molecule has 1 unspecified atom stereocenters. The van der Waals surface area contributed by atoms with E-state index in [1.807, 2.05) is 18.2 Å². The lowest BCUT2D eigenvalue weighted by Gasteiger charge is -2.15. The summed E-state index contributed by atoms with van der Waals surface area (Å²) in [5.74, 6) is 0.322. The van der Waals surface area contributed by atoms with Crippen LogP contribution in [-0.2, 0) is 6.42 Å². The van der Waals surface area contributed by atoms with Gasteiger partial charge in [-0.3, -0.25) is 0 Å². The molecule has 2 aromatic carbocycles. The number of hydrogen-bond donors (Lipinski definition) is 1. The van der Waals surface area contributed by atoms with Crippen molar-refractivity contribution in [3.8, 4) is 0 Å². The van der Waals surface area contributed by atoms with E-state index < -0.39 is 0 Å². The third-order valence-corrected chi connectivity index (χ3v) is 3.90. The van der Waals surface area contributed by atoms with Crippen molar-refractivity contribution < 1.29 is 4.39 Å². The summed E-state index contributed by atoms with van der Waals surface area (Å²) < 4.78 is 14.1. The van der Waals surface area contributed by atoms with Gasteiger partial charge in [-0.25, -0.2) is 4.39 Å². The summed E-state index contributed by atoms with van der Waals surface area (Å²) in [4.78, 5) is 0. The molecule has 0 radical (unpaired) electrons. The highest BCUT2D eigenvalue weighted by Crippen LogP contribution is 2.25. The lowest BCUT2D eigenvalue weighted by molar-refractivity contribution is 0.617. The van der Waals surface area contributed by atoms with Gasteiger partial charge in [0.15, 0.2) is 0 Å². The molecule has 20 heavy (non-hydrogen) atoms. The van der Waals surface area contributed by atoms with Gasteiger partial charge in [0.05, 0.1) is 10.5 Å². The number of nitrogens with two attached hydrogens (primary N) is 1. The third kappa shape index (κ3) is 3.68. The van der Waals surface area contributed by atoms with Crippen LogP contribution >= 0.6 is 15.9 Å². The van der Waals surface area contributed by atoms with Crippen molar-refractivity contribution in [3.63, 3.8) is 0 Å². The minimum absolute atomic E-state index is 0.281. The zero-order valence-corrected chi connectivity index (χ0v) is 13.3. The molecule has 1 nitrogen and oxygen atoms in total. The summed E-state index contributed by atoms with van der Waals surface area (Å²) in [6.45, 7) is 4.38. The van der Waals surface area contributed by atoms with Gasteiger partial charge in [-0.05, 0) is 57.1 Å². The summed E-state index contributed by atoms with van der Waals surface area (Å²) in [5, 5.41) is 0. The van der Waals surface area contributed by atoms with Gasteiger partial charge in [0, 0.05) is 0 Å². The summed E-state index contributed by atoms with van der Waals surface area (Å²) in [7, 11) is 0. The number of benzene rings is 2. The van der Waals surface area contributed by atoms with Crippen LogP contribution in [0, 0.1) is 11.7 Å². The molecule has 0 bridgehead atoms. The minimum Gasteiger partial charge on any atom is -0.320 e. The van der Waals surface area contributed by atoms with E-state index >= 15 is 0 Å². The van der Waals surface area contributed by atoms with E-state index in [4.69, 9.17) is 5.73 Å². The fraction of sp³-hybridized carbons (Fsp3) is 0.294. The van der Waals surface area contributed by atoms with Crippen LogP contribution in [0.25, 0.3) is 0 Å². The molecule has 0 aliphatic carbocycles. The quantitative estimate of drug-likeness (QED) is 0.850. The molecule has 0 saturated heterocycles. The highest BCUT2D eigenvalue weighted by molar-refractivity contribution is 9.10. The molecular weight excluding hydrogens is 317 g/mol. The monoisotopic (exact) mass is 335 g/mol. The van der Waals surface area contributed by atoms with E-state index in [1.54, 1.807) is 6.07 Å². The molecule has 2 rings (SSSR count). The predicted molar refractivity (Wildman–Crippen MR) is 85.1 cm³/mol. The molecule has 0 spiro atoms. The predicted octanol–water partition coefficient (Wildman–Crippen LogP) is 4.83. The van der Waals surface area contributed by atoms with Gasteiger partial charge in [0.2, 0.25) is 0 Å². The maximum absolute atomic E-state index is 13.6. The van der Waals surface area contributed by atoms with Crippen molar-refractivity contribution in [2.75, 3.05) is 0 Å². The first kappa shape index (κ1) is 15.2. The smallest absolute Gasteiger partial charge is 0.137 e. The molecule has 0 aliphatic heterocycles. The van der Waals surface area contributed by atoms with E-state index in [0.717, 1.165) is 17.5 Å². The largest absolute Gasteiger partial charge is 0.320 e. The first-order valence-electron chi connectivity index (χ1n) is 6.76. The Balaban J connectivity index is 2.28. The normalized spacial score (nSPS) is 12.7. The second-order valence-corrected chi connectivity index (χ2v) is 6.35. The fourth-order valence-electron chi connectivity index (χ4n) is 2.28. The zero-order chi connectivity index (χ0) is 14.7. The van der Waals surface area contributed by atoms with E-state index in [-0.39, 0.29) is 11.9 Å². The lowest BCUT2D eigenvalue weighted by atomic mass is 9.95. The number of hydrogen-bond acceptors (Lipinski definition) is 1. The highest BCUT2D eigenvalue weighted by atomic mass is 79.9. The first-order chi connectivity index (χ1) is 9.47. The first-order valence-corrected chi connectivity index (χ1v) is 7.56. The van der Waals surface area contributed by atoms with Gasteiger partial charge in [-0.15, -0.1) is 0 Å². The van der Waals surface area contributed by atoms with Gasteiger partial charge in [0.25, 0.3) is 0 Å². The van der Waals surface area contributed by atoms with Crippen molar-refractivity contribution in [3.05, 3.63) is 69.4 Å². The number of rotatable bonds is 4. The molecule has 3 heteroatoms. The van der Waals surface area contributed by atoms with Crippen LogP contribution in [0.15, 0.2) is 46.9 Å². The van der Waals surface area contributed by atoms with Crippen molar-refractivity contribution in [1.29, 1.82) is 0 Å². The van der Waals surface area contributed by atoms with Crippen LogP contribution < -0.4 is 5.73 Å². The lowest BCUT2D eigenvalue weighted by Crippen LogP contribution is -2.12. The Kier molecular flexibility index (Phi) is 4.95. The van der Waals surface area contributed by atoms with Crippen LogP contribution in [0.2, 0.25) is 0 Å². The standard InChI is InChI=1S/C17H19BrFN/c1-11(2)8-12-4-3-5-13(9-12)17(20)14-6-7-15(18)16(19)10-14/h3-7,9-11,17H,8,20H2,1-2H3. The molecule has 0 saturated carbocycles. The SMILES string of the molecule is CC(C)Cc1cccc(C(N)c2ccc(Br)c(F)c2)c1. The van der Waals surface area contributed by atoms with Gasteiger partial charge >= 0.3 is 0 Å². The van der Waals surface area contributed by atoms with Crippen LogP contribution in [0.5, 0.6) is 0 Å². The Hall–Kier alpha value is -1.19. The van der Waals surface area contributed by atoms with Gasteiger partial charge in [0.1, 0.15) is 5.82 Å². The van der Waals surface area contributed by atoms with E-state index in [2.05, 4.69) is 41.9 Å². The van der Waals surface area contributed by atoms with Crippen molar-refractivity contribution in [1.82, 2.24) is 0 Å². The number of halogens is 2. The Labute approximate surface area is 128 Å². The molecule has 2 N–H and O–H groups in total.